The summed E-state index contributed by atoms with van der Waals surface area (Å²) in [5.41, 5.74) is 2.56. The van der Waals surface area contributed by atoms with Crippen molar-refractivity contribution in [2.24, 2.45) is 0 Å². The first-order chi connectivity index (χ1) is 16.7. The molecule has 1 N–H and O–H groups in total. The van der Waals surface area contributed by atoms with Gasteiger partial charge in [0.15, 0.2) is 0 Å². The van der Waals surface area contributed by atoms with E-state index in [-0.39, 0.29) is 17.4 Å². The first-order valence-corrected chi connectivity index (χ1v) is 11.7. The fourth-order valence-electron chi connectivity index (χ4n) is 4.12. The number of hydrogen-bond donors (Lipinski definition) is 1. The highest BCUT2D eigenvalue weighted by molar-refractivity contribution is 6.51. The first kappa shape index (κ1) is 24.4. The molecule has 1 atom stereocenters. The van der Waals surface area contributed by atoms with Gasteiger partial charge in [-0.1, -0.05) is 23.7 Å². The smallest absolute Gasteiger partial charge is 0.300 e. The van der Waals surface area contributed by atoms with Gasteiger partial charge in [-0.25, -0.2) is 0 Å². The van der Waals surface area contributed by atoms with Crippen molar-refractivity contribution in [3.63, 3.8) is 0 Å². The Morgan fingerprint density at radius 3 is 2.26 bits per heavy atom. The largest absolute Gasteiger partial charge is 0.507 e. The van der Waals surface area contributed by atoms with Crippen molar-refractivity contribution in [1.29, 1.82) is 0 Å². The topological polar surface area (TPSA) is 70.1 Å². The van der Waals surface area contributed by atoms with Gasteiger partial charge < -0.3 is 14.7 Å². The molecule has 0 bridgehead atoms. The summed E-state index contributed by atoms with van der Waals surface area (Å²) in [6.07, 6.45) is -0.0516. The third-order valence-electron chi connectivity index (χ3n) is 5.75. The van der Waals surface area contributed by atoms with E-state index in [1.54, 1.807) is 42.5 Å². The number of ketones is 1. The third kappa shape index (κ3) is 4.88. The lowest BCUT2D eigenvalue weighted by molar-refractivity contribution is -0.132. The van der Waals surface area contributed by atoms with Gasteiger partial charge in [0.05, 0.1) is 17.7 Å². The number of carbonyl (C=O) groups is 2. The van der Waals surface area contributed by atoms with E-state index in [1.165, 1.54) is 4.90 Å². The normalized spacial score (nSPS) is 17.2. The Labute approximate surface area is 210 Å². The highest BCUT2D eigenvalue weighted by Gasteiger charge is 2.47. The second-order valence-electron chi connectivity index (χ2n) is 8.83. The van der Waals surface area contributed by atoms with Gasteiger partial charge in [0.2, 0.25) is 0 Å². The molecule has 6 nitrogen and oxygen atoms in total. The zero-order valence-electron chi connectivity index (χ0n) is 20.0. The van der Waals surface area contributed by atoms with E-state index >= 15 is 0 Å². The van der Waals surface area contributed by atoms with Crippen LogP contribution < -0.4 is 14.5 Å². The summed E-state index contributed by atoms with van der Waals surface area (Å²) < 4.78 is 5.86. The average molecular weight is 491 g/mol. The van der Waals surface area contributed by atoms with Crippen LogP contribution in [0.2, 0.25) is 5.02 Å². The highest BCUT2D eigenvalue weighted by atomic mass is 35.5. The van der Waals surface area contributed by atoms with Gasteiger partial charge in [0.25, 0.3) is 11.7 Å². The Bertz CT molecular complexity index is 1280. The Kier molecular flexibility index (Phi) is 6.85. The maximum Gasteiger partial charge on any atom is 0.300 e. The van der Waals surface area contributed by atoms with Crippen LogP contribution in [-0.4, -0.2) is 37.0 Å². The molecular formula is C28H27ClN2O4. The molecule has 0 aromatic heterocycles. The van der Waals surface area contributed by atoms with Gasteiger partial charge in [-0.05, 0) is 80.1 Å². The minimum atomic E-state index is -0.841. The van der Waals surface area contributed by atoms with Crippen LogP contribution in [0.1, 0.15) is 31.0 Å². The standard InChI is InChI=1S/C28H27ClN2O4/c1-17(2)35-23-7-5-6-19(16-23)25-24(26(32)18-8-10-20(29)11-9-18)27(33)28(34)31(25)22-14-12-21(13-15-22)30(3)4/h5-17,25,32H,1-4H3/b26-24-. The maximum atomic E-state index is 13.3. The van der Waals surface area contributed by atoms with E-state index in [2.05, 4.69) is 0 Å². The third-order valence-corrected chi connectivity index (χ3v) is 6.00. The fraction of sp³-hybridized carbons (Fsp3) is 0.214. The van der Waals surface area contributed by atoms with E-state index in [1.807, 2.05) is 63.2 Å². The minimum Gasteiger partial charge on any atom is -0.507 e. The number of hydrogen-bond acceptors (Lipinski definition) is 5. The molecule has 4 rings (SSSR count). The molecule has 1 heterocycles. The number of aliphatic hydroxyl groups excluding tert-OH is 1. The monoisotopic (exact) mass is 490 g/mol. The minimum absolute atomic E-state index is 0.00991. The number of Topliss-reactive ketones (excluding diaryl/α,β-unsaturated/α-hetero) is 1. The van der Waals surface area contributed by atoms with Crippen LogP contribution in [0.5, 0.6) is 5.75 Å². The molecule has 7 heteroatoms. The molecule has 1 aliphatic rings. The van der Waals surface area contributed by atoms with E-state index in [0.717, 1.165) is 5.69 Å². The van der Waals surface area contributed by atoms with Crippen molar-refractivity contribution < 1.29 is 19.4 Å². The predicted molar refractivity (Wildman–Crippen MR) is 139 cm³/mol. The molecule has 1 amide bonds. The summed E-state index contributed by atoms with van der Waals surface area (Å²) in [6.45, 7) is 3.84. The molecule has 0 radical (unpaired) electrons. The molecule has 1 aliphatic heterocycles. The zero-order valence-corrected chi connectivity index (χ0v) is 20.8. The molecule has 180 valence electrons. The van der Waals surface area contributed by atoms with Crippen LogP contribution in [-0.2, 0) is 9.59 Å². The van der Waals surface area contributed by atoms with Crippen LogP contribution in [0.3, 0.4) is 0 Å². The molecule has 3 aromatic rings. The molecule has 1 saturated heterocycles. The summed E-state index contributed by atoms with van der Waals surface area (Å²) in [5, 5.41) is 11.7. The van der Waals surface area contributed by atoms with Crippen molar-refractivity contribution in [2.75, 3.05) is 23.9 Å². The number of amides is 1. The Morgan fingerprint density at radius 1 is 1.00 bits per heavy atom. The molecule has 0 spiro atoms. The van der Waals surface area contributed by atoms with Gasteiger partial charge in [-0.2, -0.15) is 0 Å². The molecule has 35 heavy (non-hydrogen) atoms. The van der Waals surface area contributed by atoms with E-state index in [0.29, 0.717) is 27.6 Å². The van der Waals surface area contributed by atoms with Gasteiger partial charge >= 0.3 is 0 Å². The van der Waals surface area contributed by atoms with Gasteiger partial charge in [-0.3, -0.25) is 14.5 Å². The first-order valence-electron chi connectivity index (χ1n) is 11.3. The molecule has 1 fully saturated rings. The van der Waals surface area contributed by atoms with E-state index in [9.17, 15) is 14.7 Å². The molecular weight excluding hydrogens is 464 g/mol. The number of benzene rings is 3. The summed E-state index contributed by atoms with van der Waals surface area (Å²) in [5.74, 6) is -1.11. The number of carbonyl (C=O) groups excluding carboxylic acids is 2. The SMILES string of the molecule is CC(C)Oc1cccc(C2/C(=C(/O)c3ccc(Cl)cc3)C(=O)C(=O)N2c2ccc(N(C)C)cc2)c1. The van der Waals surface area contributed by atoms with Crippen molar-refractivity contribution >= 4 is 40.4 Å². The van der Waals surface area contributed by atoms with Crippen LogP contribution >= 0.6 is 11.6 Å². The fourth-order valence-corrected chi connectivity index (χ4v) is 4.24. The number of halogens is 1. The summed E-state index contributed by atoms with van der Waals surface area (Å²) in [7, 11) is 3.85. The van der Waals surface area contributed by atoms with Crippen LogP contribution in [0.25, 0.3) is 5.76 Å². The molecule has 0 saturated carbocycles. The Hall–Kier alpha value is -3.77. The van der Waals surface area contributed by atoms with Gasteiger partial charge in [0.1, 0.15) is 11.5 Å². The quantitative estimate of drug-likeness (QED) is 0.268. The lowest BCUT2D eigenvalue weighted by atomic mass is 9.95. The predicted octanol–water partition coefficient (Wildman–Crippen LogP) is 5.82. The summed E-state index contributed by atoms with van der Waals surface area (Å²) in [6, 6.07) is 20.2. The average Bonchev–Trinajstić information content (AvgIpc) is 3.09. The van der Waals surface area contributed by atoms with Crippen molar-refractivity contribution in [2.45, 2.75) is 26.0 Å². The number of anilines is 2. The molecule has 0 aliphatic carbocycles. The number of nitrogens with zero attached hydrogens (tertiary/aromatic N) is 2. The lowest BCUT2D eigenvalue weighted by Crippen LogP contribution is -2.29. The van der Waals surface area contributed by atoms with Gasteiger partial charge in [-0.15, -0.1) is 0 Å². The van der Waals surface area contributed by atoms with Crippen LogP contribution in [0, 0.1) is 0 Å². The summed E-state index contributed by atoms with van der Waals surface area (Å²) in [4.78, 5) is 30.0. The lowest BCUT2D eigenvalue weighted by Gasteiger charge is -2.26. The van der Waals surface area contributed by atoms with Crippen LogP contribution in [0.15, 0.2) is 78.4 Å². The highest BCUT2D eigenvalue weighted by Crippen LogP contribution is 2.43. The second kappa shape index (κ2) is 9.84. The maximum absolute atomic E-state index is 13.3. The molecule has 3 aromatic carbocycles. The number of ether oxygens (including phenoxy) is 1. The Morgan fingerprint density at radius 2 is 1.66 bits per heavy atom. The summed E-state index contributed by atoms with van der Waals surface area (Å²) >= 11 is 6.01. The Balaban J connectivity index is 1.90. The van der Waals surface area contributed by atoms with Crippen molar-refractivity contribution in [3.8, 4) is 5.75 Å². The van der Waals surface area contributed by atoms with Crippen molar-refractivity contribution in [1.82, 2.24) is 0 Å². The van der Waals surface area contributed by atoms with E-state index < -0.39 is 17.7 Å². The molecule has 1 unspecified atom stereocenters. The van der Waals surface area contributed by atoms with Gasteiger partial charge in [0, 0.05) is 36.1 Å². The number of rotatable bonds is 6. The number of aliphatic hydroxyl groups is 1. The zero-order chi connectivity index (χ0) is 25.3. The van der Waals surface area contributed by atoms with Crippen molar-refractivity contribution in [3.05, 3.63) is 94.5 Å². The van der Waals surface area contributed by atoms with Crippen LogP contribution in [0.4, 0.5) is 11.4 Å². The van der Waals surface area contributed by atoms with E-state index in [4.69, 9.17) is 16.3 Å². The second-order valence-corrected chi connectivity index (χ2v) is 9.26.